The first-order chi connectivity index (χ1) is 30.7. The van der Waals surface area contributed by atoms with E-state index in [-0.39, 0.29) is 6.04 Å². The molecule has 4 heteroatoms. The van der Waals surface area contributed by atoms with Crippen molar-refractivity contribution in [3.8, 4) is 33.4 Å². The fourth-order valence-electron chi connectivity index (χ4n) is 8.75. The normalized spacial score (nSPS) is 14.8. The highest BCUT2D eigenvalue weighted by molar-refractivity contribution is 6.16. The van der Waals surface area contributed by atoms with Crippen LogP contribution in [0.2, 0.25) is 0 Å². The van der Waals surface area contributed by atoms with Gasteiger partial charge in [0.1, 0.15) is 11.7 Å². The molecule has 294 valence electrons. The van der Waals surface area contributed by atoms with Crippen LogP contribution in [-0.2, 0) is 0 Å². The van der Waals surface area contributed by atoms with Gasteiger partial charge in [0.2, 0.25) is 0 Å². The van der Waals surface area contributed by atoms with Crippen molar-refractivity contribution in [3.05, 3.63) is 264 Å². The van der Waals surface area contributed by atoms with Gasteiger partial charge in [0.25, 0.3) is 0 Å². The molecule has 0 aliphatic carbocycles. The number of hydrogen-bond acceptors (Lipinski definition) is 4. The van der Waals surface area contributed by atoms with E-state index in [1.807, 2.05) is 12.1 Å². The number of amidine groups is 2. The molecule has 11 rings (SSSR count). The maximum absolute atomic E-state index is 5.27. The number of aliphatic imine (C=N–C) groups is 2. The average molecular weight is 795 g/mol. The van der Waals surface area contributed by atoms with Crippen molar-refractivity contribution >= 4 is 33.7 Å². The maximum atomic E-state index is 5.27. The monoisotopic (exact) mass is 794 g/mol. The van der Waals surface area contributed by atoms with E-state index in [9.17, 15) is 0 Å². The van der Waals surface area contributed by atoms with Gasteiger partial charge in [0, 0.05) is 22.4 Å². The predicted octanol–water partition coefficient (Wildman–Crippen LogP) is 13.9. The first-order valence-corrected chi connectivity index (χ1v) is 21.2. The van der Waals surface area contributed by atoms with Crippen molar-refractivity contribution in [2.45, 2.75) is 12.2 Å². The number of benzene rings is 9. The molecule has 0 radical (unpaired) electrons. The van der Waals surface area contributed by atoms with Crippen LogP contribution in [-0.4, -0.2) is 11.7 Å². The Bertz CT molecular complexity index is 3040. The van der Waals surface area contributed by atoms with E-state index in [1.54, 1.807) is 0 Å². The molecule has 62 heavy (non-hydrogen) atoms. The van der Waals surface area contributed by atoms with E-state index in [0.29, 0.717) is 0 Å². The lowest BCUT2D eigenvalue weighted by Crippen LogP contribution is -2.36. The fraction of sp³-hybridized carbons (Fsp3) is 0.0345. The molecule has 0 saturated carbocycles. The van der Waals surface area contributed by atoms with E-state index in [0.717, 1.165) is 56.3 Å². The Kier molecular flexibility index (Phi) is 9.64. The standard InChI is InChI=1S/C58H42N4/c1-5-14-39(15-6-1)41-24-28-45(29-25-41)56-60-57(46-30-26-42(27-31-46)40-16-7-2-8-17-40)62-58(61-56)50-23-13-22-47(37-50)48-32-34-51-49(36-48)33-35-53-55(51)52(43-18-9-3-10-19-43)38-54(59-53)44-20-11-4-12-21-44/h1-38,54,58-59H,(H,60,61,62). The second-order valence-corrected chi connectivity index (χ2v) is 15.9. The molecule has 2 heterocycles. The number of anilines is 1. The Morgan fingerprint density at radius 2 is 0.823 bits per heavy atom. The lowest BCUT2D eigenvalue weighted by Gasteiger charge is -2.28. The van der Waals surface area contributed by atoms with E-state index < -0.39 is 6.17 Å². The van der Waals surface area contributed by atoms with Crippen molar-refractivity contribution in [3.63, 3.8) is 0 Å². The minimum atomic E-state index is -0.446. The average Bonchev–Trinajstić information content (AvgIpc) is 3.37. The van der Waals surface area contributed by atoms with Gasteiger partial charge in [0.05, 0.1) is 6.04 Å². The Hall–Kier alpha value is -8.08. The number of nitrogens with one attached hydrogen (secondary N) is 2. The second-order valence-electron chi connectivity index (χ2n) is 15.9. The van der Waals surface area contributed by atoms with Crippen LogP contribution in [0.5, 0.6) is 0 Å². The van der Waals surface area contributed by atoms with Gasteiger partial charge in [-0.3, -0.25) is 0 Å². The molecule has 0 spiro atoms. The van der Waals surface area contributed by atoms with Gasteiger partial charge in [-0.25, -0.2) is 9.98 Å². The molecule has 9 aromatic rings. The molecule has 0 aromatic heterocycles. The summed E-state index contributed by atoms with van der Waals surface area (Å²) < 4.78 is 0. The van der Waals surface area contributed by atoms with Crippen LogP contribution >= 0.6 is 0 Å². The molecule has 0 saturated heterocycles. The van der Waals surface area contributed by atoms with E-state index >= 15 is 0 Å². The second kappa shape index (κ2) is 16.2. The van der Waals surface area contributed by atoms with Gasteiger partial charge in [-0.15, -0.1) is 0 Å². The molecule has 0 amide bonds. The number of fused-ring (bicyclic) bond motifs is 3. The lowest BCUT2D eigenvalue weighted by atomic mass is 9.85. The first-order valence-electron chi connectivity index (χ1n) is 21.2. The van der Waals surface area contributed by atoms with Crippen molar-refractivity contribution in [1.29, 1.82) is 0 Å². The minimum absolute atomic E-state index is 0.0713. The largest absolute Gasteiger partial charge is 0.374 e. The van der Waals surface area contributed by atoms with Crippen LogP contribution in [0, 0.1) is 0 Å². The molecule has 1 atom stereocenters. The summed E-state index contributed by atoms with van der Waals surface area (Å²) in [6.45, 7) is 0. The predicted molar refractivity (Wildman–Crippen MR) is 258 cm³/mol. The molecular weight excluding hydrogens is 753 g/mol. The van der Waals surface area contributed by atoms with E-state index in [1.165, 1.54) is 44.2 Å². The molecule has 2 aliphatic rings. The Labute approximate surface area is 362 Å². The molecule has 2 N–H and O–H groups in total. The fourth-order valence-corrected chi connectivity index (χ4v) is 8.75. The molecule has 1 unspecified atom stereocenters. The summed E-state index contributed by atoms with van der Waals surface area (Å²) in [6, 6.07) is 79.7. The summed E-state index contributed by atoms with van der Waals surface area (Å²) in [5.41, 5.74) is 16.1. The highest BCUT2D eigenvalue weighted by Gasteiger charge is 2.24. The van der Waals surface area contributed by atoms with Crippen molar-refractivity contribution in [2.75, 3.05) is 5.32 Å². The molecular formula is C58H42N4. The zero-order chi connectivity index (χ0) is 41.2. The van der Waals surface area contributed by atoms with Crippen molar-refractivity contribution in [1.82, 2.24) is 5.32 Å². The summed E-state index contributed by atoms with van der Waals surface area (Å²) in [4.78, 5) is 10.5. The summed E-state index contributed by atoms with van der Waals surface area (Å²) in [5.74, 6) is 1.58. The van der Waals surface area contributed by atoms with Gasteiger partial charge in [0.15, 0.2) is 6.17 Å². The van der Waals surface area contributed by atoms with Crippen LogP contribution in [0.4, 0.5) is 5.69 Å². The maximum Gasteiger partial charge on any atom is 0.169 e. The zero-order valence-corrected chi connectivity index (χ0v) is 34.0. The first kappa shape index (κ1) is 37.0. The summed E-state index contributed by atoms with van der Waals surface area (Å²) in [6.07, 6.45) is 1.93. The third-order valence-electron chi connectivity index (χ3n) is 12.0. The lowest BCUT2D eigenvalue weighted by molar-refractivity contribution is 0.756. The van der Waals surface area contributed by atoms with Crippen LogP contribution in [0.25, 0.3) is 49.7 Å². The van der Waals surface area contributed by atoms with Gasteiger partial charge in [-0.2, -0.15) is 0 Å². The summed E-state index contributed by atoms with van der Waals surface area (Å²) in [7, 11) is 0. The smallest absolute Gasteiger partial charge is 0.169 e. The van der Waals surface area contributed by atoms with Crippen molar-refractivity contribution < 1.29 is 0 Å². The number of nitrogens with zero attached hydrogens (tertiary/aromatic N) is 2. The van der Waals surface area contributed by atoms with Crippen LogP contribution < -0.4 is 10.6 Å². The van der Waals surface area contributed by atoms with Crippen molar-refractivity contribution in [2.24, 2.45) is 9.98 Å². The Morgan fingerprint density at radius 3 is 1.42 bits per heavy atom. The quantitative estimate of drug-likeness (QED) is 0.161. The highest BCUT2D eigenvalue weighted by Crippen LogP contribution is 2.43. The molecule has 0 fully saturated rings. The Balaban J connectivity index is 0.955. The van der Waals surface area contributed by atoms with Crippen LogP contribution in [0.15, 0.2) is 241 Å². The zero-order valence-electron chi connectivity index (χ0n) is 34.0. The molecule has 2 aliphatic heterocycles. The summed E-state index contributed by atoms with van der Waals surface area (Å²) in [5, 5.41) is 9.86. The van der Waals surface area contributed by atoms with Crippen LogP contribution in [0.3, 0.4) is 0 Å². The molecule has 0 bridgehead atoms. The SMILES string of the molecule is C1=C(c2ccccc2)c2c(ccc3cc(-c4cccc(C5N=C(c6ccc(-c7ccccc7)cc6)NC(c6ccc(-c7ccccc7)cc6)=N5)c4)ccc23)NC1c1ccccc1. The third-order valence-corrected chi connectivity index (χ3v) is 12.0. The minimum Gasteiger partial charge on any atom is -0.374 e. The number of rotatable bonds is 8. The van der Waals surface area contributed by atoms with Gasteiger partial charge in [-0.05, 0) is 90.7 Å². The van der Waals surface area contributed by atoms with Gasteiger partial charge < -0.3 is 10.6 Å². The molecule has 4 nitrogen and oxygen atoms in total. The third kappa shape index (κ3) is 7.29. The van der Waals surface area contributed by atoms with Gasteiger partial charge >= 0.3 is 0 Å². The van der Waals surface area contributed by atoms with Crippen LogP contribution in [0.1, 0.15) is 45.6 Å². The van der Waals surface area contributed by atoms with E-state index in [2.05, 4.69) is 229 Å². The van der Waals surface area contributed by atoms with Gasteiger partial charge in [-0.1, -0.05) is 206 Å². The Morgan fingerprint density at radius 1 is 0.355 bits per heavy atom. The molecule has 9 aromatic carbocycles. The highest BCUT2D eigenvalue weighted by atomic mass is 15.2. The topological polar surface area (TPSA) is 48.8 Å². The summed E-state index contributed by atoms with van der Waals surface area (Å²) >= 11 is 0. The van der Waals surface area contributed by atoms with E-state index in [4.69, 9.17) is 9.98 Å². The number of hydrogen-bond donors (Lipinski definition) is 2.